The van der Waals surface area contributed by atoms with Crippen LogP contribution in [-0.4, -0.2) is 9.97 Å². The van der Waals surface area contributed by atoms with Gasteiger partial charge in [0.25, 0.3) is 0 Å². The molecule has 0 amide bonds. The zero-order valence-corrected chi connectivity index (χ0v) is 10.7. The number of nitrogens with zero attached hydrogens (tertiary/aromatic N) is 2. The number of nitrogens with one attached hydrogen (secondary N) is 2. The standard InChI is InChI=1S/C12H14ClN5/c1-2-8-5-3-4-6-10(8)16-11-9(13)7-15-12(17-11)18-14/h3-7H,2,14H2,1H3,(H2,15,16,17,18). The summed E-state index contributed by atoms with van der Waals surface area (Å²) < 4.78 is 0. The predicted octanol–water partition coefficient (Wildman–Crippen LogP) is 2.72. The van der Waals surface area contributed by atoms with Crippen molar-refractivity contribution >= 4 is 29.1 Å². The van der Waals surface area contributed by atoms with Crippen LogP contribution in [0.15, 0.2) is 30.5 Å². The summed E-state index contributed by atoms with van der Waals surface area (Å²) in [6, 6.07) is 7.99. The molecule has 6 heteroatoms. The van der Waals surface area contributed by atoms with Crippen molar-refractivity contribution in [2.24, 2.45) is 5.84 Å². The van der Waals surface area contributed by atoms with E-state index in [0.717, 1.165) is 12.1 Å². The fraction of sp³-hybridized carbons (Fsp3) is 0.167. The van der Waals surface area contributed by atoms with Crippen LogP contribution in [0, 0.1) is 0 Å². The molecule has 0 aliphatic rings. The maximum absolute atomic E-state index is 6.04. The molecule has 0 spiro atoms. The van der Waals surface area contributed by atoms with Gasteiger partial charge in [-0.3, -0.25) is 5.43 Å². The third kappa shape index (κ3) is 2.69. The van der Waals surface area contributed by atoms with Gasteiger partial charge in [-0.1, -0.05) is 36.7 Å². The summed E-state index contributed by atoms with van der Waals surface area (Å²) in [5.41, 5.74) is 4.55. The quantitative estimate of drug-likeness (QED) is 0.584. The molecule has 0 atom stereocenters. The Labute approximate surface area is 110 Å². The van der Waals surface area contributed by atoms with E-state index in [2.05, 4.69) is 33.7 Å². The van der Waals surface area contributed by atoms with E-state index in [4.69, 9.17) is 17.4 Å². The highest BCUT2D eigenvalue weighted by Crippen LogP contribution is 2.25. The molecule has 2 rings (SSSR count). The van der Waals surface area contributed by atoms with Crippen LogP contribution >= 0.6 is 11.6 Å². The summed E-state index contributed by atoms with van der Waals surface area (Å²) in [5, 5.41) is 3.63. The van der Waals surface area contributed by atoms with E-state index >= 15 is 0 Å². The van der Waals surface area contributed by atoms with Gasteiger partial charge in [0.1, 0.15) is 5.02 Å². The highest BCUT2D eigenvalue weighted by molar-refractivity contribution is 6.32. The minimum atomic E-state index is 0.316. The molecular weight excluding hydrogens is 250 g/mol. The monoisotopic (exact) mass is 263 g/mol. The average Bonchev–Trinajstić information content (AvgIpc) is 2.42. The number of aryl methyl sites for hydroxylation is 1. The molecule has 0 saturated heterocycles. The second kappa shape index (κ2) is 5.66. The Bertz CT molecular complexity index is 544. The average molecular weight is 264 g/mol. The van der Waals surface area contributed by atoms with Crippen molar-refractivity contribution in [2.75, 3.05) is 10.7 Å². The van der Waals surface area contributed by atoms with Crippen LogP contribution in [0.25, 0.3) is 0 Å². The van der Waals surface area contributed by atoms with Crippen LogP contribution in [0.5, 0.6) is 0 Å². The van der Waals surface area contributed by atoms with Crippen molar-refractivity contribution in [3.05, 3.63) is 41.0 Å². The van der Waals surface area contributed by atoms with Gasteiger partial charge in [0, 0.05) is 5.69 Å². The molecule has 0 bridgehead atoms. The first-order valence-corrected chi connectivity index (χ1v) is 5.96. The third-order valence-corrected chi connectivity index (χ3v) is 2.80. The number of hydrogen-bond acceptors (Lipinski definition) is 5. The van der Waals surface area contributed by atoms with Crippen molar-refractivity contribution in [3.63, 3.8) is 0 Å². The lowest BCUT2D eigenvalue weighted by molar-refractivity contribution is 1.11. The van der Waals surface area contributed by atoms with Crippen molar-refractivity contribution in [1.29, 1.82) is 0 Å². The van der Waals surface area contributed by atoms with Gasteiger partial charge in [-0.15, -0.1) is 0 Å². The van der Waals surface area contributed by atoms with Gasteiger partial charge in [-0.05, 0) is 18.1 Å². The predicted molar refractivity (Wildman–Crippen MR) is 74.0 cm³/mol. The molecule has 0 saturated carbocycles. The Morgan fingerprint density at radius 3 is 2.83 bits per heavy atom. The number of nitrogens with two attached hydrogens (primary N) is 1. The molecule has 4 N–H and O–H groups in total. The largest absolute Gasteiger partial charge is 0.339 e. The van der Waals surface area contributed by atoms with E-state index in [-0.39, 0.29) is 0 Å². The fourth-order valence-electron chi connectivity index (χ4n) is 1.60. The van der Waals surface area contributed by atoms with Crippen LogP contribution in [0.2, 0.25) is 5.02 Å². The lowest BCUT2D eigenvalue weighted by atomic mass is 10.1. The minimum absolute atomic E-state index is 0.316. The van der Waals surface area contributed by atoms with Crippen LogP contribution < -0.4 is 16.6 Å². The number of benzene rings is 1. The van der Waals surface area contributed by atoms with Gasteiger partial charge >= 0.3 is 0 Å². The second-order valence-corrected chi connectivity index (χ2v) is 4.08. The van der Waals surface area contributed by atoms with E-state index in [0.29, 0.717) is 16.8 Å². The molecule has 0 aliphatic carbocycles. The van der Waals surface area contributed by atoms with Crippen molar-refractivity contribution < 1.29 is 0 Å². The van der Waals surface area contributed by atoms with E-state index in [9.17, 15) is 0 Å². The van der Waals surface area contributed by atoms with Crippen molar-refractivity contribution in [1.82, 2.24) is 9.97 Å². The van der Waals surface area contributed by atoms with E-state index < -0.39 is 0 Å². The number of rotatable bonds is 4. The molecule has 2 aromatic rings. The topological polar surface area (TPSA) is 75.9 Å². The number of para-hydroxylation sites is 1. The molecule has 1 aromatic carbocycles. The number of halogens is 1. The van der Waals surface area contributed by atoms with Crippen LogP contribution in [0.4, 0.5) is 17.5 Å². The van der Waals surface area contributed by atoms with Gasteiger partial charge in [0.2, 0.25) is 5.95 Å². The normalized spacial score (nSPS) is 10.2. The van der Waals surface area contributed by atoms with Crippen molar-refractivity contribution in [3.8, 4) is 0 Å². The second-order valence-electron chi connectivity index (χ2n) is 3.67. The minimum Gasteiger partial charge on any atom is -0.339 e. The fourth-order valence-corrected chi connectivity index (χ4v) is 1.74. The maximum Gasteiger partial charge on any atom is 0.239 e. The number of hydrogen-bond donors (Lipinski definition) is 3. The molecule has 0 aliphatic heterocycles. The molecule has 0 unspecified atom stereocenters. The van der Waals surface area contributed by atoms with Crippen molar-refractivity contribution in [2.45, 2.75) is 13.3 Å². The van der Waals surface area contributed by atoms with E-state index in [1.165, 1.54) is 11.8 Å². The summed E-state index contributed by atoms with van der Waals surface area (Å²) in [6.45, 7) is 2.09. The molecule has 18 heavy (non-hydrogen) atoms. The number of anilines is 3. The molecule has 1 aromatic heterocycles. The first kappa shape index (κ1) is 12.6. The van der Waals surface area contributed by atoms with Gasteiger partial charge in [0.15, 0.2) is 5.82 Å². The van der Waals surface area contributed by atoms with E-state index in [1.54, 1.807) is 0 Å². The molecule has 5 nitrogen and oxygen atoms in total. The van der Waals surface area contributed by atoms with Gasteiger partial charge < -0.3 is 5.32 Å². The number of nitrogen functional groups attached to an aromatic ring is 1. The summed E-state index contributed by atoms with van der Waals surface area (Å²) in [6.07, 6.45) is 2.43. The SMILES string of the molecule is CCc1ccccc1Nc1nc(NN)ncc1Cl. The highest BCUT2D eigenvalue weighted by atomic mass is 35.5. The molecule has 1 heterocycles. The lowest BCUT2D eigenvalue weighted by Crippen LogP contribution is -2.11. The zero-order valence-electron chi connectivity index (χ0n) is 9.94. The Kier molecular flexibility index (Phi) is 3.96. The first-order chi connectivity index (χ1) is 8.74. The molecule has 0 radical (unpaired) electrons. The van der Waals surface area contributed by atoms with Gasteiger partial charge in [-0.25, -0.2) is 10.8 Å². The Morgan fingerprint density at radius 1 is 1.33 bits per heavy atom. The Morgan fingerprint density at radius 2 is 2.11 bits per heavy atom. The Balaban J connectivity index is 2.33. The van der Waals surface area contributed by atoms with Crippen LogP contribution in [-0.2, 0) is 6.42 Å². The summed E-state index contributed by atoms with van der Waals surface area (Å²) >= 11 is 6.04. The van der Waals surface area contributed by atoms with Crippen LogP contribution in [0.1, 0.15) is 12.5 Å². The van der Waals surface area contributed by atoms with Gasteiger partial charge in [-0.2, -0.15) is 4.98 Å². The smallest absolute Gasteiger partial charge is 0.239 e. The molecular formula is C12H14ClN5. The summed E-state index contributed by atoms with van der Waals surface area (Å²) in [4.78, 5) is 8.09. The summed E-state index contributed by atoms with van der Waals surface area (Å²) in [7, 11) is 0. The van der Waals surface area contributed by atoms with E-state index in [1.807, 2.05) is 18.2 Å². The zero-order chi connectivity index (χ0) is 13.0. The first-order valence-electron chi connectivity index (χ1n) is 5.58. The summed E-state index contributed by atoms with van der Waals surface area (Å²) in [5.74, 6) is 6.12. The molecule has 94 valence electrons. The number of hydrazine groups is 1. The molecule has 0 fully saturated rings. The van der Waals surface area contributed by atoms with Crippen LogP contribution in [0.3, 0.4) is 0 Å². The Hall–Kier alpha value is -1.85. The maximum atomic E-state index is 6.04. The number of aromatic nitrogens is 2. The third-order valence-electron chi connectivity index (χ3n) is 2.52. The highest BCUT2D eigenvalue weighted by Gasteiger charge is 2.07. The van der Waals surface area contributed by atoms with Gasteiger partial charge in [0.05, 0.1) is 6.20 Å². The lowest BCUT2D eigenvalue weighted by Gasteiger charge is -2.11.